The summed E-state index contributed by atoms with van der Waals surface area (Å²) in [5.41, 5.74) is 0.561. The van der Waals surface area contributed by atoms with Crippen LogP contribution in [-0.4, -0.2) is 17.8 Å². The second-order valence-electron chi connectivity index (χ2n) is 3.69. The van der Waals surface area contributed by atoms with Crippen molar-refractivity contribution in [3.63, 3.8) is 0 Å². The number of hydrogen-bond donors (Lipinski definition) is 1. The van der Waals surface area contributed by atoms with E-state index in [1.54, 1.807) is 18.2 Å². The lowest BCUT2D eigenvalue weighted by Crippen LogP contribution is -2.34. The standard InChI is InChI=1S/C12H14BrCl2NO/c1-2-9(5-6-14)16-12(17)8-3-4-10(13)11(15)7-8/h3-4,7,9H,2,5-6H2,1H3,(H,16,17). The van der Waals surface area contributed by atoms with Crippen LogP contribution in [0, 0.1) is 0 Å². The van der Waals surface area contributed by atoms with Crippen LogP contribution in [0.3, 0.4) is 0 Å². The van der Waals surface area contributed by atoms with Crippen molar-refractivity contribution in [2.45, 2.75) is 25.8 Å². The van der Waals surface area contributed by atoms with Crippen LogP contribution >= 0.6 is 39.1 Å². The Morgan fingerprint density at radius 2 is 2.24 bits per heavy atom. The topological polar surface area (TPSA) is 29.1 Å². The molecule has 5 heteroatoms. The van der Waals surface area contributed by atoms with Crippen LogP contribution in [0.5, 0.6) is 0 Å². The van der Waals surface area contributed by atoms with Gasteiger partial charge >= 0.3 is 0 Å². The van der Waals surface area contributed by atoms with Crippen LogP contribution in [0.25, 0.3) is 0 Å². The molecule has 17 heavy (non-hydrogen) atoms. The summed E-state index contributed by atoms with van der Waals surface area (Å²) in [4.78, 5) is 11.9. The second kappa shape index (κ2) is 7.24. The molecule has 0 heterocycles. The van der Waals surface area contributed by atoms with Crippen molar-refractivity contribution in [3.05, 3.63) is 33.3 Å². The summed E-state index contributed by atoms with van der Waals surface area (Å²) >= 11 is 14.9. The Kier molecular flexibility index (Phi) is 6.31. The Morgan fingerprint density at radius 3 is 2.76 bits per heavy atom. The number of rotatable bonds is 5. The highest BCUT2D eigenvalue weighted by atomic mass is 79.9. The SMILES string of the molecule is CCC(CCCl)NC(=O)c1ccc(Br)c(Cl)c1. The van der Waals surface area contributed by atoms with E-state index in [0.717, 1.165) is 17.3 Å². The minimum absolute atomic E-state index is 0.113. The lowest BCUT2D eigenvalue weighted by molar-refractivity contribution is 0.0935. The molecule has 1 aromatic rings. The van der Waals surface area contributed by atoms with Gasteiger partial charge < -0.3 is 5.32 Å². The summed E-state index contributed by atoms with van der Waals surface area (Å²) in [5.74, 6) is 0.427. The Bertz CT molecular complexity index is 398. The minimum atomic E-state index is -0.114. The smallest absolute Gasteiger partial charge is 0.251 e. The van der Waals surface area contributed by atoms with E-state index >= 15 is 0 Å². The zero-order valence-corrected chi connectivity index (χ0v) is 12.6. The highest BCUT2D eigenvalue weighted by Gasteiger charge is 2.12. The van der Waals surface area contributed by atoms with E-state index in [1.807, 2.05) is 6.92 Å². The summed E-state index contributed by atoms with van der Waals surface area (Å²) < 4.78 is 0.781. The molecular weight excluding hydrogens is 325 g/mol. The van der Waals surface area contributed by atoms with Gasteiger partial charge in [0.1, 0.15) is 0 Å². The molecule has 0 aliphatic rings. The first-order valence-corrected chi connectivity index (χ1v) is 7.11. The highest BCUT2D eigenvalue weighted by molar-refractivity contribution is 9.10. The molecule has 0 saturated heterocycles. The fourth-order valence-corrected chi connectivity index (χ4v) is 2.11. The third kappa shape index (κ3) is 4.49. The molecule has 0 aliphatic heterocycles. The number of carbonyl (C=O) groups is 1. The van der Waals surface area contributed by atoms with E-state index in [0.29, 0.717) is 16.5 Å². The summed E-state index contributed by atoms with van der Waals surface area (Å²) in [6.45, 7) is 2.02. The number of benzene rings is 1. The molecule has 1 unspecified atom stereocenters. The number of nitrogens with one attached hydrogen (secondary N) is 1. The van der Waals surface area contributed by atoms with Crippen LogP contribution < -0.4 is 5.32 Å². The monoisotopic (exact) mass is 337 g/mol. The van der Waals surface area contributed by atoms with Gasteiger partial charge in [0, 0.05) is 22.0 Å². The van der Waals surface area contributed by atoms with Gasteiger partial charge in [0.2, 0.25) is 0 Å². The molecule has 0 radical (unpaired) electrons. The molecule has 0 fully saturated rings. The van der Waals surface area contributed by atoms with Crippen molar-refractivity contribution >= 4 is 45.0 Å². The first-order chi connectivity index (χ1) is 8.08. The maximum absolute atomic E-state index is 11.9. The van der Waals surface area contributed by atoms with Crippen molar-refractivity contribution in [2.24, 2.45) is 0 Å². The number of amides is 1. The molecule has 1 N–H and O–H groups in total. The van der Waals surface area contributed by atoms with E-state index in [1.165, 1.54) is 0 Å². The third-order valence-corrected chi connectivity index (χ3v) is 3.92. The van der Waals surface area contributed by atoms with Gasteiger partial charge in [0.25, 0.3) is 5.91 Å². The van der Waals surface area contributed by atoms with Gasteiger partial charge in [-0.3, -0.25) is 4.79 Å². The van der Waals surface area contributed by atoms with Crippen LogP contribution in [0.4, 0.5) is 0 Å². The number of carbonyl (C=O) groups excluding carboxylic acids is 1. The maximum atomic E-state index is 11.9. The normalized spacial score (nSPS) is 12.2. The van der Waals surface area contributed by atoms with Crippen molar-refractivity contribution < 1.29 is 4.79 Å². The first kappa shape index (κ1) is 14.8. The molecule has 1 amide bonds. The van der Waals surface area contributed by atoms with Crippen molar-refractivity contribution in [1.29, 1.82) is 0 Å². The van der Waals surface area contributed by atoms with Crippen LogP contribution in [0.1, 0.15) is 30.1 Å². The molecule has 1 aromatic carbocycles. The molecule has 0 bridgehead atoms. The third-order valence-electron chi connectivity index (χ3n) is 2.47. The first-order valence-electron chi connectivity index (χ1n) is 5.40. The van der Waals surface area contributed by atoms with Crippen LogP contribution in [0.2, 0.25) is 5.02 Å². The number of hydrogen-bond acceptors (Lipinski definition) is 1. The molecule has 0 saturated carbocycles. The summed E-state index contributed by atoms with van der Waals surface area (Å²) in [7, 11) is 0. The van der Waals surface area contributed by atoms with E-state index in [-0.39, 0.29) is 11.9 Å². The van der Waals surface area contributed by atoms with Crippen molar-refractivity contribution in [1.82, 2.24) is 5.32 Å². The van der Waals surface area contributed by atoms with Gasteiger partial charge in [-0.15, -0.1) is 11.6 Å². The predicted molar refractivity (Wildman–Crippen MR) is 76.0 cm³/mol. The molecular formula is C12H14BrCl2NO. The highest BCUT2D eigenvalue weighted by Crippen LogP contribution is 2.23. The zero-order chi connectivity index (χ0) is 12.8. The van der Waals surface area contributed by atoms with Gasteiger partial charge in [-0.25, -0.2) is 0 Å². The van der Waals surface area contributed by atoms with E-state index in [4.69, 9.17) is 23.2 Å². The molecule has 0 aromatic heterocycles. The lowest BCUT2D eigenvalue weighted by atomic mass is 10.1. The lowest BCUT2D eigenvalue weighted by Gasteiger charge is -2.15. The Labute approximate surface area is 120 Å². The number of alkyl halides is 1. The van der Waals surface area contributed by atoms with Gasteiger partial charge in [0.05, 0.1) is 5.02 Å². The molecule has 0 aliphatic carbocycles. The van der Waals surface area contributed by atoms with Crippen LogP contribution in [0.15, 0.2) is 22.7 Å². The minimum Gasteiger partial charge on any atom is -0.349 e. The summed E-state index contributed by atoms with van der Waals surface area (Å²) in [6.07, 6.45) is 1.64. The van der Waals surface area contributed by atoms with Crippen LogP contribution in [-0.2, 0) is 0 Å². The predicted octanol–water partition coefficient (Wildman–Crippen LogP) is 4.24. The van der Waals surface area contributed by atoms with E-state index in [9.17, 15) is 4.79 Å². The Hall–Kier alpha value is -0.250. The number of halogens is 3. The largest absolute Gasteiger partial charge is 0.349 e. The van der Waals surface area contributed by atoms with Gasteiger partial charge in [-0.1, -0.05) is 18.5 Å². The zero-order valence-electron chi connectivity index (χ0n) is 9.47. The molecule has 1 rings (SSSR count). The Morgan fingerprint density at radius 1 is 1.53 bits per heavy atom. The summed E-state index contributed by atoms with van der Waals surface area (Å²) in [6, 6.07) is 5.26. The van der Waals surface area contributed by atoms with Gasteiger partial charge in [0.15, 0.2) is 0 Å². The second-order valence-corrected chi connectivity index (χ2v) is 5.32. The van der Waals surface area contributed by atoms with E-state index < -0.39 is 0 Å². The molecule has 1 atom stereocenters. The van der Waals surface area contributed by atoms with Gasteiger partial charge in [-0.05, 0) is 47.0 Å². The average Bonchev–Trinajstić information content (AvgIpc) is 2.31. The molecule has 94 valence electrons. The van der Waals surface area contributed by atoms with E-state index in [2.05, 4.69) is 21.2 Å². The quantitative estimate of drug-likeness (QED) is 0.799. The summed E-state index contributed by atoms with van der Waals surface area (Å²) in [5, 5.41) is 3.46. The molecule has 0 spiro atoms. The van der Waals surface area contributed by atoms with Crippen molar-refractivity contribution in [2.75, 3.05) is 5.88 Å². The fourth-order valence-electron chi connectivity index (χ4n) is 1.42. The molecule has 2 nitrogen and oxygen atoms in total. The fraction of sp³-hybridized carbons (Fsp3) is 0.417. The van der Waals surface area contributed by atoms with Crippen molar-refractivity contribution in [3.8, 4) is 0 Å². The average molecular weight is 339 g/mol. The van der Waals surface area contributed by atoms with Gasteiger partial charge in [-0.2, -0.15) is 0 Å². The maximum Gasteiger partial charge on any atom is 0.251 e. The Balaban J connectivity index is 2.72.